The molecule has 0 spiro atoms. The molecule has 31 heavy (non-hydrogen) atoms. The highest BCUT2D eigenvalue weighted by atomic mass is 19.4. The molecule has 0 aliphatic heterocycles. The van der Waals surface area contributed by atoms with Crippen molar-refractivity contribution in [2.75, 3.05) is 19.0 Å². The van der Waals surface area contributed by atoms with E-state index in [-0.39, 0.29) is 5.91 Å². The molecule has 1 amide bonds. The third kappa shape index (κ3) is 7.10. The molecular formula is C19H19F3N6O3. The molecule has 3 aromatic heterocycles. The van der Waals surface area contributed by atoms with Gasteiger partial charge in [0, 0.05) is 32.2 Å². The number of halogens is 3. The molecule has 3 heterocycles. The number of alkyl halides is 3. The number of rotatable bonds is 5. The van der Waals surface area contributed by atoms with E-state index in [2.05, 4.69) is 25.5 Å². The predicted molar refractivity (Wildman–Crippen MR) is 105 cm³/mol. The van der Waals surface area contributed by atoms with Gasteiger partial charge in [-0.05, 0) is 30.3 Å². The van der Waals surface area contributed by atoms with Crippen molar-refractivity contribution in [2.45, 2.75) is 12.7 Å². The Labute approximate surface area is 175 Å². The molecule has 0 saturated heterocycles. The fourth-order valence-electron chi connectivity index (χ4n) is 2.19. The van der Waals surface area contributed by atoms with Gasteiger partial charge in [-0.2, -0.15) is 18.3 Å². The predicted octanol–water partition coefficient (Wildman–Crippen LogP) is 2.50. The number of hydrogen-bond acceptors (Lipinski definition) is 6. The van der Waals surface area contributed by atoms with Crippen LogP contribution in [-0.2, 0) is 11.3 Å². The zero-order valence-corrected chi connectivity index (χ0v) is 16.5. The van der Waals surface area contributed by atoms with Crippen LogP contribution in [-0.4, -0.2) is 57.4 Å². The summed E-state index contributed by atoms with van der Waals surface area (Å²) in [6, 6.07) is 11.1. The van der Waals surface area contributed by atoms with Gasteiger partial charge < -0.3 is 15.3 Å². The Morgan fingerprint density at radius 2 is 1.81 bits per heavy atom. The van der Waals surface area contributed by atoms with Crippen molar-refractivity contribution in [3.05, 3.63) is 60.2 Å². The number of carboxylic acid groups (broad SMARTS) is 1. The summed E-state index contributed by atoms with van der Waals surface area (Å²) >= 11 is 0. The van der Waals surface area contributed by atoms with Gasteiger partial charge in [0.05, 0.1) is 17.9 Å². The molecular weight excluding hydrogens is 417 g/mol. The maximum Gasteiger partial charge on any atom is 0.490 e. The molecule has 0 aromatic carbocycles. The number of hydrogen-bond donors (Lipinski definition) is 3. The molecule has 0 atom stereocenters. The Bertz CT molecular complexity index is 1020. The summed E-state index contributed by atoms with van der Waals surface area (Å²) in [5.41, 5.74) is 3.56. The number of aliphatic carboxylic acids is 1. The molecule has 12 heteroatoms. The molecule has 164 valence electrons. The van der Waals surface area contributed by atoms with Crippen molar-refractivity contribution >= 4 is 17.6 Å². The van der Waals surface area contributed by atoms with Crippen molar-refractivity contribution in [1.82, 2.24) is 25.5 Å². The lowest BCUT2D eigenvalue weighted by molar-refractivity contribution is -0.192. The first-order valence-corrected chi connectivity index (χ1v) is 8.75. The maximum absolute atomic E-state index is 12.2. The minimum Gasteiger partial charge on any atom is -0.475 e. The van der Waals surface area contributed by atoms with Crippen molar-refractivity contribution in [3.63, 3.8) is 0 Å². The highest BCUT2D eigenvalue weighted by Gasteiger charge is 2.38. The van der Waals surface area contributed by atoms with E-state index in [1.54, 1.807) is 18.5 Å². The van der Waals surface area contributed by atoms with E-state index in [9.17, 15) is 18.0 Å². The van der Waals surface area contributed by atoms with Crippen LogP contribution < -0.4 is 10.2 Å². The molecule has 0 aliphatic rings. The number of nitrogens with zero attached hydrogens (tertiary/aromatic N) is 4. The zero-order valence-electron chi connectivity index (χ0n) is 16.5. The van der Waals surface area contributed by atoms with Crippen LogP contribution >= 0.6 is 0 Å². The highest BCUT2D eigenvalue weighted by molar-refractivity contribution is 5.93. The van der Waals surface area contributed by atoms with Gasteiger partial charge in [0.1, 0.15) is 11.4 Å². The fraction of sp³-hybridized carbons (Fsp3) is 0.211. The monoisotopic (exact) mass is 436 g/mol. The average Bonchev–Trinajstić information content (AvgIpc) is 3.23. The Morgan fingerprint density at radius 1 is 1.10 bits per heavy atom. The number of pyridine rings is 2. The summed E-state index contributed by atoms with van der Waals surface area (Å²) in [5, 5.41) is 16.8. The first-order valence-electron chi connectivity index (χ1n) is 8.75. The summed E-state index contributed by atoms with van der Waals surface area (Å²) in [7, 11) is 3.92. The highest BCUT2D eigenvalue weighted by Crippen LogP contribution is 2.15. The average molecular weight is 436 g/mol. The van der Waals surface area contributed by atoms with E-state index in [4.69, 9.17) is 9.90 Å². The lowest BCUT2D eigenvalue weighted by Crippen LogP contribution is -2.23. The first-order chi connectivity index (χ1) is 14.6. The number of H-pyrrole nitrogens is 1. The SMILES string of the molecule is CN(C)c1ccnc(CNC(=O)c2cc(-c3ccccn3)n[nH]2)c1.O=C(O)C(F)(F)F. The summed E-state index contributed by atoms with van der Waals surface area (Å²) in [4.78, 5) is 31.6. The second-order valence-corrected chi connectivity index (χ2v) is 6.27. The van der Waals surface area contributed by atoms with E-state index in [1.165, 1.54) is 0 Å². The summed E-state index contributed by atoms with van der Waals surface area (Å²) < 4.78 is 31.7. The summed E-state index contributed by atoms with van der Waals surface area (Å²) in [6.45, 7) is 0.346. The molecule has 3 N–H and O–H groups in total. The van der Waals surface area contributed by atoms with E-state index < -0.39 is 12.1 Å². The first kappa shape index (κ1) is 23.3. The van der Waals surface area contributed by atoms with Gasteiger partial charge in [-0.1, -0.05) is 6.07 Å². The molecule has 0 bridgehead atoms. The molecule has 3 aromatic rings. The van der Waals surface area contributed by atoms with Crippen LogP contribution in [0.25, 0.3) is 11.4 Å². The number of amides is 1. The minimum atomic E-state index is -5.08. The van der Waals surface area contributed by atoms with Gasteiger partial charge in [0.25, 0.3) is 5.91 Å². The van der Waals surface area contributed by atoms with Gasteiger partial charge in [0.15, 0.2) is 0 Å². The van der Waals surface area contributed by atoms with Crippen LogP contribution in [0.15, 0.2) is 48.8 Å². The van der Waals surface area contributed by atoms with Crippen LogP contribution in [0.5, 0.6) is 0 Å². The van der Waals surface area contributed by atoms with Crippen LogP contribution in [0, 0.1) is 0 Å². The topological polar surface area (TPSA) is 124 Å². The van der Waals surface area contributed by atoms with Crippen LogP contribution in [0.3, 0.4) is 0 Å². The van der Waals surface area contributed by atoms with Gasteiger partial charge in [-0.25, -0.2) is 4.79 Å². The molecule has 0 fully saturated rings. The van der Waals surface area contributed by atoms with E-state index >= 15 is 0 Å². The summed E-state index contributed by atoms with van der Waals surface area (Å²) in [6.07, 6.45) is -1.67. The number of anilines is 1. The Kier molecular flexibility index (Phi) is 7.66. The standard InChI is InChI=1S/C17H18N6O.C2HF3O2/c1-23(2)13-6-8-18-12(9-13)11-20-17(24)16-10-15(21-22-16)14-5-3-4-7-19-14;3-2(4,5)1(6)7/h3-10H,11H2,1-2H3,(H,20,24)(H,21,22);(H,6,7). The van der Waals surface area contributed by atoms with Gasteiger partial charge in [-0.3, -0.25) is 19.9 Å². The number of carbonyl (C=O) groups is 2. The maximum atomic E-state index is 12.2. The molecule has 3 rings (SSSR count). The Balaban J connectivity index is 0.000000423. The number of carboxylic acids is 1. The van der Waals surface area contributed by atoms with Crippen molar-refractivity contribution < 1.29 is 27.9 Å². The Hall–Kier alpha value is -3.96. The largest absolute Gasteiger partial charge is 0.490 e. The zero-order chi connectivity index (χ0) is 23.0. The number of aromatic amines is 1. The third-order valence-corrected chi connectivity index (χ3v) is 3.74. The van der Waals surface area contributed by atoms with Crippen molar-refractivity contribution in [1.29, 1.82) is 0 Å². The second kappa shape index (κ2) is 10.2. The smallest absolute Gasteiger partial charge is 0.475 e. The minimum absolute atomic E-state index is 0.235. The summed E-state index contributed by atoms with van der Waals surface area (Å²) in [5.74, 6) is -2.99. The quantitative estimate of drug-likeness (QED) is 0.561. The lowest BCUT2D eigenvalue weighted by Gasteiger charge is -2.13. The van der Waals surface area contributed by atoms with E-state index in [0.717, 1.165) is 11.4 Å². The normalized spacial score (nSPS) is 10.6. The molecule has 9 nitrogen and oxygen atoms in total. The molecule has 0 saturated carbocycles. The van der Waals surface area contributed by atoms with Crippen LogP contribution in [0.2, 0.25) is 0 Å². The molecule has 0 aliphatic carbocycles. The number of carbonyl (C=O) groups excluding carboxylic acids is 1. The lowest BCUT2D eigenvalue weighted by atomic mass is 10.2. The fourth-order valence-corrected chi connectivity index (χ4v) is 2.19. The number of nitrogens with one attached hydrogen (secondary N) is 2. The van der Waals surface area contributed by atoms with Gasteiger partial charge >= 0.3 is 12.1 Å². The van der Waals surface area contributed by atoms with E-state index in [0.29, 0.717) is 23.6 Å². The van der Waals surface area contributed by atoms with Crippen molar-refractivity contribution in [3.8, 4) is 11.4 Å². The number of aromatic nitrogens is 4. The Morgan fingerprint density at radius 3 is 2.39 bits per heavy atom. The van der Waals surface area contributed by atoms with Crippen LogP contribution in [0.1, 0.15) is 16.2 Å². The van der Waals surface area contributed by atoms with E-state index in [1.807, 2.05) is 49.3 Å². The van der Waals surface area contributed by atoms with Gasteiger partial charge in [0.2, 0.25) is 0 Å². The van der Waals surface area contributed by atoms with Crippen LogP contribution in [0.4, 0.5) is 18.9 Å². The van der Waals surface area contributed by atoms with Crippen molar-refractivity contribution in [2.24, 2.45) is 0 Å². The molecule has 0 radical (unpaired) electrons. The third-order valence-electron chi connectivity index (χ3n) is 3.74. The molecule has 0 unspecified atom stereocenters. The van der Waals surface area contributed by atoms with Gasteiger partial charge in [-0.15, -0.1) is 0 Å². The second-order valence-electron chi connectivity index (χ2n) is 6.27.